The van der Waals surface area contributed by atoms with Gasteiger partial charge in [0.25, 0.3) is 5.91 Å². The van der Waals surface area contributed by atoms with E-state index in [2.05, 4.69) is 4.98 Å². The van der Waals surface area contributed by atoms with Crippen LogP contribution >= 0.6 is 11.3 Å². The van der Waals surface area contributed by atoms with Crippen LogP contribution in [-0.2, 0) is 0 Å². The lowest BCUT2D eigenvalue weighted by atomic mass is 10.2. The summed E-state index contributed by atoms with van der Waals surface area (Å²) in [6.45, 7) is 4.62. The van der Waals surface area contributed by atoms with Crippen LogP contribution in [0.2, 0.25) is 0 Å². The van der Waals surface area contributed by atoms with Crippen molar-refractivity contribution < 1.29 is 9.53 Å². The second-order valence-corrected chi connectivity index (χ2v) is 6.55. The zero-order chi connectivity index (χ0) is 17.8. The maximum Gasteiger partial charge on any atom is 0.277 e. The molecule has 0 fully saturated rings. The average molecular weight is 352 g/mol. The Hall–Kier alpha value is -2.66. The van der Waals surface area contributed by atoms with E-state index in [-0.39, 0.29) is 5.91 Å². The van der Waals surface area contributed by atoms with Crippen molar-refractivity contribution in [3.8, 4) is 16.3 Å². The quantitative estimate of drug-likeness (QED) is 0.663. The number of carbonyl (C=O) groups excluding carboxylic acids is 1. The van der Waals surface area contributed by atoms with Crippen molar-refractivity contribution in [3.63, 3.8) is 0 Å². The summed E-state index contributed by atoms with van der Waals surface area (Å²) in [6, 6.07) is 15.6. The van der Waals surface area contributed by atoms with Gasteiger partial charge in [-0.3, -0.25) is 4.79 Å². The van der Waals surface area contributed by atoms with E-state index in [4.69, 9.17) is 4.74 Å². The molecule has 0 aliphatic rings. The van der Waals surface area contributed by atoms with Crippen LogP contribution in [0.3, 0.4) is 0 Å². The summed E-state index contributed by atoms with van der Waals surface area (Å²) >= 11 is 1.47. The molecule has 5 heteroatoms. The Morgan fingerprint density at radius 3 is 2.44 bits per heavy atom. The van der Waals surface area contributed by atoms with Gasteiger partial charge in [0.15, 0.2) is 0 Å². The van der Waals surface area contributed by atoms with Gasteiger partial charge in [0.05, 0.1) is 6.61 Å². The lowest BCUT2D eigenvalue weighted by molar-refractivity contribution is 0.0989. The molecule has 0 saturated carbocycles. The minimum atomic E-state index is -0.114. The Kier molecular flexibility index (Phi) is 5.14. The molecule has 128 valence electrons. The first kappa shape index (κ1) is 17.2. The van der Waals surface area contributed by atoms with Gasteiger partial charge in [-0.15, -0.1) is 11.3 Å². The van der Waals surface area contributed by atoms with Crippen LogP contribution in [0.4, 0.5) is 5.69 Å². The van der Waals surface area contributed by atoms with Gasteiger partial charge in [-0.25, -0.2) is 4.98 Å². The zero-order valence-corrected chi connectivity index (χ0v) is 15.3. The van der Waals surface area contributed by atoms with E-state index in [0.717, 1.165) is 27.6 Å². The van der Waals surface area contributed by atoms with Crippen molar-refractivity contribution in [3.05, 3.63) is 65.2 Å². The number of thiazole rings is 1. The summed E-state index contributed by atoms with van der Waals surface area (Å²) < 4.78 is 5.45. The van der Waals surface area contributed by atoms with Crippen molar-refractivity contribution in [2.75, 3.05) is 18.6 Å². The maximum atomic E-state index is 12.7. The lowest BCUT2D eigenvalue weighted by Gasteiger charge is -2.16. The normalized spacial score (nSPS) is 10.5. The Balaban J connectivity index is 1.78. The molecule has 0 spiro atoms. The van der Waals surface area contributed by atoms with Crippen LogP contribution in [0.1, 0.15) is 23.0 Å². The molecule has 3 aromatic rings. The third kappa shape index (κ3) is 3.88. The van der Waals surface area contributed by atoms with E-state index in [0.29, 0.717) is 12.3 Å². The number of rotatable bonds is 5. The number of hydrogen-bond acceptors (Lipinski definition) is 4. The molecule has 0 aliphatic carbocycles. The molecule has 2 aromatic carbocycles. The molecule has 1 aromatic heterocycles. The van der Waals surface area contributed by atoms with Crippen LogP contribution < -0.4 is 9.64 Å². The number of amides is 1. The van der Waals surface area contributed by atoms with E-state index in [9.17, 15) is 4.79 Å². The minimum absolute atomic E-state index is 0.114. The maximum absolute atomic E-state index is 12.7. The summed E-state index contributed by atoms with van der Waals surface area (Å²) in [6.07, 6.45) is 0. The fraction of sp³-hybridized carbons (Fsp3) is 0.200. The van der Waals surface area contributed by atoms with Crippen molar-refractivity contribution in [2.45, 2.75) is 13.8 Å². The SMILES string of the molecule is CCOc1ccc(-c2nc(C(=O)N(C)c3ccc(C)cc3)cs2)cc1. The minimum Gasteiger partial charge on any atom is -0.494 e. The molecule has 4 nitrogen and oxygen atoms in total. The zero-order valence-electron chi connectivity index (χ0n) is 14.5. The summed E-state index contributed by atoms with van der Waals surface area (Å²) in [5, 5.41) is 2.63. The second-order valence-electron chi connectivity index (χ2n) is 5.70. The lowest BCUT2D eigenvalue weighted by Crippen LogP contribution is -2.26. The van der Waals surface area contributed by atoms with Crippen molar-refractivity contribution in [1.29, 1.82) is 0 Å². The topological polar surface area (TPSA) is 42.4 Å². The molecule has 0 radical (unpaired) electrons. The average Bonchev–Trinajstić information content (AvgIpc) is 3.12. The first-order valence-electron chi connectivity index (χ1n) is 8.12. The van der Waals surface area contributed by atoms with Crippen molar-refractivity contribution in [1.82, 2.24) is 4.98 Å². The summed E-state index contributed by atoms with van der Waals surface area (Å²) in [5.74, 6) is 0.718. The standard InChI is InChI=1S/C20H20N2O2S/c1-4-24-17-11-7-15(8-12-17)19-21-18(13-25-19)20(23)22(3)16-9-5-14(2)6-10-16/h5-13H,4H2,1-3H3. The number of carbonyl (C=O) groups is 1. The van der Waals surface area contributed by atoms with Gasteiger partial charge in [-0.2, -0.15) is 0 Å². The highest BCUT2D eigenvalue weighted by molar-refractivity contribution is 7.13. The molecule has 0 bridgehead atoms. The van der Waals surface area contributed by atoms with E-state index in [1.165, 1.54) is 11.3 Å². The molecular formula is C20H20N2O2S. The highest BCUT2D eigenvalue weighted by Crippen LogP contribution is 2.27. The Labute approximate surface area is 151 Å². The predicted octanol–water partition coefficient (Wildman–Crippen LogP) is 4.79. The molecule has 0 saturated heterocycles. The van der Waals surface area contributed by atoms with Gasteiger partial charge < -0.3 is 9.64 Å². The van der Waals surface area contributed by atoms with Gasteiger partial charge in [-0.05, 0) is 50.2 Å². The van der Waals surface area contributed by atoms with Crippen molar-refractivity contribution in [2.24, 2.45) is 0 Å². The largest absolute Gasteiger partial charge is 0.494 e. The van der Waals surface area contributed by atoms with Gasteiger partial charge in [-0.1, -0.05) is 17.7 Å². The number of benzene rings is 2. The number of hydrogen-bond donors (Lipinski definition) is 0. The van der Waals surface area contributed by atoms with Crippen LogP contribution in [0, 0.1) is 6.92 Å². The molecule has 1 amide bonds. The number of aromatic nitrogens is 1. The van der Waals surface area contributed by atoms with Crippen LogP contribution in [0.15, 0.2) is 53.9 Å². The molecule has 0 aliphatic heterocycles. The predicted molar refractivity (Wildman–Crippen MR) is 103 cm³/mol. The molecule has 0 N–H and O–H groups in total. The molecule has 0 atom stereocenters. The molecular weight excluding hydrogens is 332 g/mol. The summed E-state index contributed by atoms with van der Waals surface area (Å²) in [5.41, 5.74) is 3.45. The van der Waals surface area contributed by atoms with Gasteiger partial charge >= 0.3 is 0 Å². The van der Waals surface area contributed by atoms with Crippen LogP contribution in [-0.4, -0.2) is 24.5 Å². The van der Waals surface area contributed by atoms with E-state index >= 15 is 0 Å². The Morgan fingerprint density at radius 1 is 1.12 bits per heavy atom. The van der Waals surface area contributed by atoms with Gasteiger partial charge in [0.1, 0.15) is 16.5 Å². The fourth-order valence-corrected chi connectivity index (χ4v) is 3.22. The highest BCUT2D eigenvalue weighted by Gasteiger charge is 2.17. The third-order valence-corrected chi connectivity index (χ3v) is 4.75. The monoisotopic (exact) mass is 352 g/mol. The van der Waals surface area contributed by atoms with Gasteiger partial charge in [0.2, 0.25) is 0 Å². The van der Waals surface area contributed by atoms with Gasteiger partial charge in [0, 0.05) is 23.7 Å². The second kappa shape index (κ2) is 7.49. The van der Waals surface area contributed by atoms with E-state index in [1.807, 2.05) is 62.4 Å². The summed E-state index contributed by atoms with van der Waals surface area (Å²) in [7, 11) is 1.77. The van der Waals surface area contributed by atoms with Crippen LogP contribution in [0.5, 0.6) is 5.75 Å². The molecule has 25 heavy (non-hydrogen) atoms. The van der Waals surface area contributed by atoms with E-state index in [1.54, 1.807) is 17.3 Å². The number of anilines is 1. The number of aryl methyl sites for hydroxylation is 1. The summed E-state index contributed by atoms with van der Waals surface area (Å²) in [4.78, 5) is 18.8. The smallest absolute Gasteiger partial charge is 0.277 e. The highest BCUT2D eigenvalue weighted by atomic mass is 32.1. The number of nitrogens with zero attached hydrogens (tertiary/aromatic N) is 2. The first-order chi connectivity index (χ1) is 12.1. The Morgan fingerprint density at radius 2 is 1.80 bits per heavy atom. The molecule has 1 heterocycles. The van der Waals surface area contributed by atoms with Crippen LogP contribution in [0.25, 0.3) is 10.6 Å². The molecule has 0 unspecified atom stereocenters. The third-order valence-electron chi connectivity index (χ3n) is 3.86. The molecule has 3 rings (SSSR count). The Bertz CT molecular complexity index is 854. The van der Waals surface area contributed by atoms with E-state index < -0.39 is 0 Å². The first-order valence-corrected chi connectivity index (χ1v) is 9.00. The van der Waals surface area contributed by atoms with Crippen molar-refractivity contribution >= 4 is 22.9 Å². The fourth-order valence-electron chi connectivity index (χ4n) is 2.42. The number of ether oxygens (including phenoxy) is 1.